The van der Waals surface area contributed by atoms with Gasteiger partial charge in [0.2, 0.25) is 11.8 Å². The highest BCUT2D eigenvalue weighted by molar-refractivity contribution is 6.32. The lowest BCUT2D eigenvalue weighted by Crippen LogP contribution is -2.45. The van der Waals surface area contributed by atoms with Gasteiger partial charge in [0.1, 0.15) is 17.9 Å². The largest absolute Gasteiger partial charge is 0.370 e. The number of primary amides is 1. The molecule has 1 fully saturated rings. The minimum atomic E-state index is -1.56. The number of urea groups is 1. The Bertz CT molecular complexity index is 1050. The van der Waals surface area contributed by atoms with Crippen molar-refractivity contribution >= 4 is 41.0 Å². The fraction of sp³-hybridized carbons (Fsp3) is 0.238. The van der Waals surface area contributed by atoms with Gasteiger partial charge in [-0.1, -0.05) is 35.9 Å². The predicted octanol–water partition coefficient (Wildman–Crippen LogP) is 2.15. The van der Waals surface area contributed by atoms with Gasteiger partial charge in [-0.3, -0.25) is 19.3 Å². The van der Waals surface area contributed by atoms with Crippen LogP contribution in [0.1, 0.15) is 18.9 Å². The van der Waals surface area contributed by atoms with Crippen molar-refractivity contribution < 1.29 is 23.6 Å². The molecule has 10 heteroatoms. The molecule has 0 saturated carbocycles. The highest BCUT2D eigenvalue weighted by Crippen LogP contribution is 2.34. The minimum Gasteiger partial charge on any atom is -0.370 e. The van der Waals surface area contributed by atoms with Crippen molar-refractivity contribution in [2.24, 2.45) is 5.73 Å². The number of anilines is 1. The Balaban J connectivity index is 1.85. The molecule has 1 aliphatic heterocycles. The number of hydrogen-bond donors (Lipinski definition) is 2. The first-order valence-corrected chi connectivity index (χ1v) is 9.74. The third-order valence-corrected chi connectivity index (χ3v) is 5.30. The highest BCUT2D eigenvalue weighted by Gasteiger charge is 2.50. The quantitative estimate of drug-likeness (QED) is 0.634. The summed E-state index contributed by atoms with van der Waals surface area (Å²) in [5.74, 6) is -2.47. The van der Waals surface area contributed by atoms with E-state index in [1.165, 1.54) is 17.9 Å². The molecule has 1 atom stereocenters. The minimum absolute atomic E-state index is 0.0110. The number of carbonyl (C=O) groups is 4. The summed E-state index contributed by atoms with van der Waals surface area (Å²) in [6, 6.07) is 11.2. The Kier molecular flexibility index (Phi) is 6.26. The van der Waals surface area contributed by atoms with Gasteiger partial charge < -0.3 is 16.0 Å². The SMILES string of the molecule is CC1(c2ccc(F)cc2Cl)NC(=O)N(CC(=O)N(CCC(N)=O)c2ccccc2)C1=O. The maximum atomic E-state index is 13.4. The van der Waals surface area contributed by atoms with Crippen LogP contribution in [0.5, 0.6) is 0 Å². The summed E-state index contributed by atoms with van der Waals surface area (Å²) in [7, 11) is 0. The number of benzene rings is 2. The second kappa shape index (κ2) is 8.73. The van der Waals surface area contributed by atoms with E-state index in [0.717, 1.165) is 17.0 Å². The fourth-order valence-corrected chi connectivity index (χ4v) is 3.72. The topological polar surface area (TPSA) is 113 Å². The summed E-state index contributed by atoms with van der Waals surface area (Å²) < 4.78 is 13.4. The molecule has 8 nitrogen and oxygen atoms in total. The van der Waals surface area contributed by atoms with E-state index in [2.05, 4.69) is 5.32 Å². The fourth-order valence-electron chi connectivity index (χ4n) is 3.37. The maximum Gasteiger partial charge on any atom is 0.325 e. The Labute approximate surface area is 182 Å². The molecular formula is C21H20ClFN4O4. The summed E-state index contributed by atoms with van der Waals surface area (Å²) >= 11 is 6.09. The Morgan fingerprint density at radius 2 is 1.87 bits per heavy atom. The molecule has 1 aliphatic rings. The van der Waals surface area contributed by atoms with Crippen LogP contribution in [0.15, 0.2) is 48.5 Å². The zero-order valence-electron chi connectivity index (χ0n) is 16.6. The highest BCUT2D eigenvalue weighted by atomic mass is 35.5. The summed E-state index contributed by atoms with van der Waals surface area (Å²) in [6.07, 6.45) is -0.0936. The van der Waals surface area contributed by atoms with Crippen LogP contribution in [-0.4, -0.2) is 41.7 Å². The van der Waals surface area contributed by atoms with Gasteiger partial charge in [0.15, 0.2) is 0 Å². The normalized spacial score (nSPS) is 18.1. The lowest BCUT2D eigenvalue weighted by Gasteiger charge is -2.25. The van der Waals surface area contributed by atoms with Gasteiger partial charge >= 0.3 is 6.03 Å². The van der Waals surface area contributed by atoms with Crippen LogP contribution in [-0.2, 0) is 19.9 Å². The molecular weight excluding hydrogens is 427 g/mol. The number of nitrogens with one attached hydrogen (secondary N) is 1. The summed E-state index contributed by atoms with van der Waals surface area (Å²) in [5, 5.41) is 2.50. The number of nitrogens with zero attached hydrogens (tertiary/aromatic N) is 2. The van der Waals surface area contributed by atoms with E-state index in [1.807, 2.05) is 0 Å². The first-order valence-electron chi connectivity index (χ1n) is 9.37. The molecule has 0 aliphatic carbocycles. The van der Waals surface area contributed by atoms with Gasteiger partial charge in [-0.15, -0.1) is 0 Å². The third-order valence-electron chi connectivity index (χ3n) is 4.99. The van der Waals surface area contributed by atoms with E-state index in [-0.39, 0.29) is 23.6 Å². The second-order valence-corrected chi connectivity index (χ2v) is 7.58. The average molecular weight is 447 g/mol. The lowest BCUT2D eigenvalue weighted by molar-refractivity contribution is -0.134. The van der Waals surface area contributed by atoms with Crippen molar-refractivity contribution in [2.45, 2.75) is 18.9 Å². The van der Waals surface area contributed by atoms with Crippen LogP contribution >= 0.6 is 11.6 Å². The molecule has 1 heterocycles. The average Bonchev–Trinajstić information content (AvgIpc) is 2.92. The number of para-hydroxylation sites is 1. The van der Waals surface area contributed by atoms with E-state index < -0.39 is 41.7 Å². The van der Waals surface area contributed by atoms with E-state index >= 15 is 0 Å². The molecule has 2 aromatic carbocycles. The van der Waals surface area contributed by atoms with Crippen molar-refractivity contribution in [1.29, 1.82) is 0 Å². The molecule has 0 radical (unpaired) electrons. The molecule has 0 spiro atoms. The van der Waals surface area contributed by atoms with Gasteiger partial charge in [0.25, 0.3) is 5.91 Å². The number of hydrogen-bond acceptors (Lipinski definition) is 4. The van der Waals surface area contributed by atoms with Crippen molar-refractivity contribution in [3.05, 3.63) is 64.9 Å². The number of imide groups is 1. The summed E-state index contributed by atoms with van der Waals surface area (Å²) in [6.45, 7) is 0.856. The molecule has 3 rings (SSSR count). The Morgan fingerprint density at radius 1 is 1.19 bits per heavy atom. The maximum absolute atomic E-state index is 13.4. The molecule has 3 N–H and O–H groups in total. The lowest BCUT2D eigenvalue weighted by atomic mass is 9.92. The molecule has 0 bridgehead atoms. The molecule has 1 saturated heterocycles. The monoisotopic (exact) mass is 446 g/mol. The van der Waals surface area contributed by atoms with Gasteiger partial charge in [0, 0.05) is 29.2 Å². The predicted molar refractivity (Wildman–Crippen MR) is 112 cm³/mol. The second-order valence-electron chi connectivity index (χ2n) is 7.17. The molecule has 5 amide bonds. The standard InChI is InChI=1S/C21H20ClFN4O4/c1-21(15-8-7-13(23)11-16(15)22)19(30)27(20(31)25-21)12-18(29)26(10-9-17(24)28)14-5-3-2-4-6-14/h2-8,11H,9-10,12H2,1H3,(H2,24,28)(H,25,31). The van der Waals surface area contributed by atoms with Gasteiger partial charge in [0.05, 0.1) is 0 Å². The molecule has 31 heavy (non-hydrogen) atoms. The van der Waals surface area contributed by atoms with Gasteiger partial charge in [-0.2, -0.15) is 0 Å². The van der Waals surface area contributed by atoms with E-state index in [0.29, 0.717) is 5.69 Å². The molecule has 0 aromatic heterocycles. The Hall–Kier alpha value is -3.46. The smallest absolute Gasteiger partial charge is 0.325 e. The summed E-state index contributed by atoms with van der Waals surface area (Å²) in [4.78, 5) is 51.9. The van der Waals surface area contributed by atoms with Crippen molar-refractivity contribution in [2.75, 3.05) is 18.0 Å². The first-order chi connectivity index (χ1) is 14.6. The molecule has 2 aromatic rings. The van der Waals surface area contributed by atoms with Crippen molar-refractivity contribution in [3.63, 3.8) is 0 Å². The Morgan fingerprint density at radius 3 is 2.48 bits per heavy atom. The van der Waals surface area contributed by atoms with E-state index in [1.54, 1.807) is 30.3 Å². The van der Waals surface area contributed by atoms with Crippen LogP contribution in [0.4, 0.5) is 14.9 Å². The van der Waals surface area contributed by atoms with Gasteiger partial charge in [-0.05, 0) is 31.2 Å². The molecule has 162 valence electrons. The number of nitrogens with two attached hydrogens (primary N) is 1. The van der Waals surface area contributed by atoms with Crippen LogP contribution in [0.3, 0.4) is 0 Å². The number of amides is 5. The van der Waals surface area contributed by atoms with E-state index in [4.69, 9.17) is 17.3 Å². The van der Waals surface area contributed by atoms with Crippen LogP contribution in [0, 0.1) is 5.82 Å². The van der Waals surface area contributed by atoms with Crippen LogP contribution in [0.25, 0.3) is 0 Å². The molecule has 1 unspecified atom stereocenters. The van der Waals surface area contributed by atoms with E-state index in [9.17, 15) is 23.6 Å². The number of carbonyl (C=O) groups excluding carboxylic acids is 4. The van der Waals surface area contributed by atoms with Crippen LogP contribution in [0.2, 0.25) is 5.02 Å². The zero-order valence-corrected chi connectivity index (χ0v) is 17.4. The van der Waals surface area contributed by atoms with Crippen molar-refractivity contribution in [3.8, 4) is 0 Å². The zero-order chi connectivity index (χ0) is 22.8. The van der Waals surface area contributed by atoms with Crippen LogP contribution < -0.4 is 16.0 Å². The third kappa shape index (κ3) is 4.51. The number of halogens is 2. The number of rotatable bonds is 7. The van der Waals surface area contributed by atoms with Gasteiger partial charge in [-0.25, -0.2) is 9.18 Å². The summed E-state index contributed by atoms with van der Waals surface area (Å²) in [5.41, 5.74) is 4.34. The van der Waals surface area contributed by atoms with Crippen molar-refractivity contribution in [1.82, 2.24) is 10.2 Å². The first kappa shape index (κ1) is 22.2.